The minimum absolute atomic E-state index is 0.149. The summed E-state index contributed by atoms with van der Waals surface area (Å²) in [7, 11) is 0. The zero-order chi connectivity index (χ0) is 9.31. The van der Waals surface area contributed by atoms with Gasteiger partial charge in [-0.25, -0.2) is 10.3 Å². The van der Waals surface area contributed by atoms with Crippen LogP contribution < -0.4 is 5.48 Å². The smallest absolute Gasteiger partial charge is 0.431 e. The molecular weight excluding hydrogens is 170 g/mol. The van der Waals surface area contributed by atoms with Crippen LogP contribution in [0.3, 0.4) is 0 Å². The molecule has 0 radical (unpaired) electrons. The Bertz CT molecular complexity index is 271. The van der Waals surface area contributed by atoms with Crippen molar-refractivity contribution >= 4 is 6.09 Å². The van der Waals surface area contributed by atoms with Gasteiger partial charge in [-0.2, -0.15) is 0 Å². The van der Waals surface area contributed by atoms with Crippen LogP contribution in [0.15, 0.2) is 24.3 Å². The molecule has 0 saturated heterocycles. The summed E-state index contributed by atoms with van der Waals surface area (Å²) in [4.78, 5) is 10.5. The van der Waals surface area contributed by atoms with E-state index in [0.717, 1.165) is 6.42 Å². The van der Waals surface area contributed by atoms with E-state index in [9.17, 15) is 4.79 Å². The molecule has 2 N–H and O–H groups in total. The van der Waals surface area contributed by atoms with Gasteiger partial charge in [-0.3, -0.25) is 5.21 Å². The second-order valence-electron chi connectivity index (χ2n) is 3.44. The van der Waals surface area contributed by atoms with Crippen molar-refractivity contribution in [2.75, 3.05) is 6.61 Å². The molecule has 70 valence electrons. The first-order valence-electron chi connectivity index (χ1n) is 4.21. The van der Waals surface area contributed by atoms with E-state index in [0.29, 0.717) is 12.5 Å². The van der Waals surface area contributed by atoms with E-state index < -0.39 is 6.09 Å². The van der Waals surface area contributed by atoms with Gasteiger partial charge < -0.3 is 4.74 Å². The summed E-state index contributed by atoms with van der Waals surface area (Å²) in [6, 6.07) is 0. The Labute approximate surface area is 75.8 Å². The number of ether oxygens (including phenoxy) is 1. The standard InChI is InChI=1S/C9H11NO3/c11-8(10-12)13-6-7-5-9(7)3-1-2-4-9/h1-4,7,12H,5-6H2,(H,10,11). The Kier molecular flexibility index (Phi) is 1.84. The van der Waals surface area contributed by atoms with Gasteiger partial charge in [-0.05, 0) is 6.42 Å². The van der Waals surface area contributed by atoms with Crippen LogP contribution in [0.25, 0.3) is 0 Å². The van der Waals surface area contributed by atoms with E-state index in [1.807, 2.05) is 12.2 Å². The summed E-state index contributed by atoms with van der Waals surface area (Å²) >= 11 is 0. The third kappa shape index (κ3) is 1.45. The summed E-state index contributed by atoms with van der Waals surface area (Å²) in [6.45, 7) is 0.362. The average molecular weight is 181 g/mol. The lowest BCUT2D eigenvalue weighted by molar-refractivity contribution is 0.0845. The van der Waals surface area contributed by atoms with Crippen molar-refractivity contribution in [3.8, 4) is 0 Å². The number of hydrogen-bond donors (Lipinski definition) is 2. The Morgan fingerprint density at radius 3 is 2.92 bits per heavy atom. The van der Waals surface area contributed by atoms with Gasteiger partial charge in [0.15, 0.2) is 0 Å². The molecule has 2 aliphatic rings. The molecule has 13 heavy (non-hydrogen) atoms. The molecule has 1 amide bonds. The third-order valence-corrected chi connectivity index (χ3v) is 2.63. The van der Waals surface area contributed by atoms with Gasteiger partial charge >= 0.3 is 6.09 Å². The number of hydroxylamine groups is 1. The number of carbonyl (C=O) groups is 1. The maximum atomic E-state index is 10.5. The largest absolute Gasteiger partial charge is 0.448 e. The van der Waals surface area contributed by atoms with Gasteiger partial charge in [0.1, 0.15) is 0 Å². The van der Waals surface area contributed by atoms with E-state index in [1.165, 1.54) is 5.48 Å². The van der Waals surface area contributed by atoms with E-state index in [1.54, 1.807) is 0 Å². The highest BCUT2D eigenvalue weighted by atomic mass is 16.6. The quantitative estimate of drug-likeness (QED) is 0.497. The summed E-state index contributed by atoms with van der Waals surface area (Å²) in [5.41, 5.74) is 1.58. The Morgan fingerprint density at radius 1 is 1.62 bits per heavy atom. The summed E-state index contributed by atoms with van der Waals surface area (Å²) in [6.07, 6.45) is 8.50. The zero-order valence-corrected chi connectivity index (χ0v) is 7.06. The highest BCUT2D eigenvalue weighted by Gasteiger charge is 2.51. The molecule has 1 spiro atoms. The van der Waals surface area contributed by atoms with Crippen molar-refractivity contribution in [1.82, 2.24) is 5.48 Å². The summed E-state index contributed by atoms with van der Waals surface area (Å²) in [5, 5.41) is 8.17. The van der Waals surface area contributed by atoms with Gasteiger partial charge in [0.05, 0.1) is 6.61 Å². The molecule has 0 heterocycles. The van der Waals surface area contributed by atoms with Gasteiger partial charge in [0.25, 0.3) is 0 Å². The first-order valence-corrected chi connectivity index (χ1v) is 4.21. The second-order valence-corrected chi connectivity index (χ2v) is 3.44. The van der Waals surface area contributed by atoms with Gasteiger partial charge in [0, 0.05) is 11.3 Å². The van der Waals surface area contributed by atoms with E-state index in [2.05, 4.69) is 12.2 Å². The lowest BCUT2D eigenvalue weighted by Gasteiger charge is -2.04. The van der Waals surface area contributed by atoms with E-state index >= 15 is 0 Å². The zero-order valence-electron chi connectivity index (χ0n) is 7.06. The Morgan fingerprint density at radius 2 is 2.31 bits per heavy atom. The Balaban J connectivity index is 1.78. The number of allylic oxidation sites excluding steroid dienone is 4. The summed E-state index contributed by atoms with van der Waals surface area (Å²) in [5.74, 6) is 0.375. The number of hydrogen-bond acceptors (Lipinski definition) is 3. The predicted molar refractivity (Wildman–Crippen MR) is 45.1 cm³/mol. The first kappa shape index (κ1) is 8.31. The minimum Gasteiger partial charge on any atom is -0.448 e. The monoisotopic (exact) mass is 181 g/mol. The van der Waals surface area contributed by atoms with Gasteiger partial charge in [-0.1, -0.05) is 24.3 Å². The topological polar surface area (TPSA) is 58.6 Å². The molecule has 1 fully saturated rings. The molecule has 4 heteroatoms. The summed E-state index contributed by atoms with van der Waals surface area (Å²) < 4.78 is 4.73. The normalized spacial score (nSPS) is 26.4. The van der Waals surface area contributed by atoms with Gasteiger partial charge in [-0.15, -0.1) is 0 Å². The SMILES string of the molecule is O=C(NO)OCC1CC12C=CC=C2. The average Bonchev–Trinajstić information content (AvgIpc) is 2.56. The molecule has 0 aromatic carbocycles. The fourth-order valence-electron chi connectivity index (χ4n) is 1.72. The highest BCUT2D eigenvalue weighted by Crippen LogP contribution is 2.56. The maximum Gasteiger partial charge on any atom is 0.431 e. The maximum absolute atomic E-state index is 10.5. The van der Waals surface area contributed by atoms with Crippen molar-refractivity contribution in [2.45, 2.75) is 6.42 Å². The Hall–Kier alpha value is -1.29. The lowest BCUT2D eigenvalue weighted by atomic mass is 10.1. The molecule has 2 rings (SSSR count). The molecule has 0 aliphatic heterocycles. The molecular formula is C9H11NO3. The van der Waals surface area contributed by atoms with Crippen molar-refractivity contribution in [2.24, 2.45) is 11.3 Å². The molecule has 1 unspecified atom stereocenters. The fourth-order valence-corrected chi connectivity index (χ4v) is 1.72. The molecule has 4 nitrogen and oxygen atoms in total. The van der Waals surface area contributed by atoms with Crippen molar-refractivity contribution < 1.29 is 14.7 Å². The van der Waals surface area contributed by atoms with Crippen LogP contribution in [-0.4, -0.2) is 17.9 Å². The minimum atomic E-state index is -0.784. The highest BCUT2D eigenvalue weighted by molar-refractivity contribution is 5.65. The van der Waals surface area contributed by atoms with Crippen molar-refractivity contribution in [3.05, 3.63) is 24.3 Å². The molecule has 0 aromatic rings. The van der Waals surface area contributed by atoms with E-state index in [-0.39, 0.29) is 5.41 Å². The molecule has 1 saturated carbocycles. The molecule has 0 bridgehead atoms. The molecule has 1 atom stereocenters. The first-order chi connectivity index (χ1) is 6.27. The number of nitrogens with one attached hydrogen (secondary N) is 1. The lowest BCUT2D eigenvalue weighted by Crippen LogP contribution is -2.21. The van der Waals surface area contributed by atoms with Crippen LogP contribution in [0.2, 0.25) is 0 Å². The molecule has 0 aromatic heterocycles. The van der Waals surface area contributed by atoms with Gasteiger partial charge in [0.2, 0.25) is 0 Å². The van der Waals surface area contributed by atoms with Crippen LogP contribution >= 0.6 is 0 Å². The molecule has 2 aliphatic carbocycles. The number of carbonyl (C=O) groups excluding carboxylic acids is 1. The second kappa shape index (κ2) is 2.88. The van der Waals surface area contributed by atoms with Crippen LogP contribution in [0.5, 0.6) is 0 Å². The number of amides is 1. The van der Waals surface area contributed by atoms with Crippen molar-refractivity contribution in [3.63, 3.8) is 0 Å². The predicted octanol–water partition coefficient (Wildman–Crippen LogP) is 1.23. The van der Waals surface area contributed by atoms with Crippen LogP contribution in [0.4, 0.5) is 4.79 Å². The van der Waals surface area contributed by atoms with Crippen LogP contribution in [0, 0.1) is 11.3 Å². The third-order valence-electron chi connectivity index (χ3n) is 2.63. The van der Waals surface area contributed by atoms with E-state index in [4.69, 9.17) is 9.94 Å². The van der Waals surface area contributed by atoms with Crippen LogP contribution in [-0.2, 0) is 4.74 Å². The van der Waals surface area contributed by atoms with Crippen LogP contribution in [0.1, 0.15) is 6.42 Å². The number of rotatable bonds is 2. The fraction of sp³-hybridized carbons (Fsp3) is 0.444. The van der Waals surface area contributed by atoms with Crippen molar-refractivity contribution in [1.29, 1.82) is 0 Å².